The first kappa shape index (κ1) is 13.8. The van der Waals surface area contributed by atoms with Gasteiger partial charge in [0.25, 0.3) is 0 Å². The molecule has 1 aliphatic heterocycles. The maximum Gasteiger partial charge on any atom is 0.122 e. The summed E-state index contributed by atoms with van der Waals surface area (Å²) in [5, 5.41) is 3.71. The van der Waals surface area contributed by atoms with Crippen molar-refractivity contribution >= 4 is 11.8 Å². The molecule has 1 aromatic rings. The molecule has 0 fully saturated rings. The van der Waals surface area contributed by atoms with Crippen molar-refractivity contribution in [3.63, 3.8) is 0 Å². The third-order valence-electron chi connectivity index (χ3n) is 3.56. The van der Waals surface area contributed by atoms with E-state index in [4.69, 9.17) is 4.74 Å². The largest absolute Gasteiger partial charge is 0.493 e. The molecule has 0 bridgehead atoms. The van der Waals surface area contributed by atoms with Crippen LogP contribution >= 0.6 is 11.8 Å². The summed E-state index contributed by atoms with van der Waals surface area (Å²) in [5.74, 6) is 2.25. The predicted octanol–water partition coefficient (Wildman–Crippen LogP) is 3.41. The summed E-state index contributed by atoms with van der Waals surface area (Å²) >= 11 is 1.91. The van der Waals surface area contributed by atoms with E-state index < -0.39 is 0 Å². The van der Waals surface area contributed by atoms with Gasteiger partial charge in [-0.05, 0) is 36.8 Å². The molecule has 0 aromatic heterocycles. The van der Waals surface area contributed by atoms with Gasteiger partial charge in [0, 0.05) is 24.3 Å². The lowest BCUT2D eigenvalue weighted by atomic mass is 10.0. The molecule has 0 saturated carbocycles. The molecule has 2 atom stereocenters. The summed E-state index contributed by atoms with van der Waals surface area (Å²) in [4.78, 5) is 0. The normalized spacial score (nSPS) is 17.1. The predicted molar refractivity (Wildman–Crippen MR) is 79.7 cm³/mol. The number of nitrogens with one attached hydrogen (secondary N) is 1. The average molecular weight is 265 g/mol. The highest BCUT2D eigenvalue weighted by Gasteiger charge is 2.16. The number of rotatable bonds is 6. The number of thioether (sulfide) groups is 1. The minimum Gasteiger partial charge on any atom is -0.493 e. The Labute approximate surface area is 114 Å². The van der Waals surface area contributed by atoms with Crippen molar-refractivity contribution in [3.05, 3.63) is 29.3 Å². The Hall–Kier alpha value is -0.670. The van der Waals surface area contributed by atoms with E-state index in [-0.39, 0.29) is 0 Å². The zero-order valence-corrected chi connectivity index (χ0v) is 12.3. The van der Waals surface area contributed by atoms with Gasteiger partial charge in [-0.15, -0.1) is 0 Å². The van der Waals surface area contributed by atoms with E-state index in [9.17, 15) is 0 Å². The number of fused-ring (bicyclic) bond motifs is 1. The molecular weight excluding hydrogens is 242 g/mol. The van der Waals surface area contributed by atoms with Gasteiger partial charge in [0.2, 0.25) is 0 Å². The summed E-state index contributed by atoms with van der Waals surface area (Å²) in [5.41, 5.74) is 2.73. The molecule has 0 spiro atoms. The van der Waals surface area contributed by atoms with Gasteiger partial charge in [-0.2, -0.15) is 11.8 Å². The lowest BCUT2D eigenvalue weighted by Crippen LogP contribution is -2.33. The minimum absolute atomic E-state index is 0.410. The highest BCUT2D eigenvalue weighted by atomic mass is 32.2. The second-order valence-electron chi connectivity index (χ2n) is 4.91. The number of ether oxygens (including phenoxy) is 1. The lowest BCUT2D eigenvalue weighted by molar-refractivity contribution is 0.356. The highest BCUT2D eigenvalue weighted by Crippen LogP contribution is 2.28. The molecule has 1 N–H and O–H groups in total. The lowest BCUT2D eigenvalue weighted by Gasteiger charge is -2.22. The molecule has 2 unspecified atom stereocenters. The molecule has 0 saturated heterocycles. The van der Waals surface area contributed by atoms with E-state index >= 15 is 0 Å². The summed E-state index contributed by atoms with van der Waals surface area (Å²) < 4.78 is 5.55. The van der Waals surface area contributed by atoms with Crippen molar-refractivity contribution in [1.82, 2.24) is 5.32 Å². The Morgan fingerprint density at radius 3 is 3.00 bits per heavy atom. The Morgan fingerprint density at radius 2 is 2.28 bits per heavy atom. The standard InChI is InChI=1S/C15H23NOS/c1-4-14(10-18-3)16-11(2)12-5-6-15-13(9-12)7-8-17-15/h5-6,9,11,14,16H,4,7-8,10H2,1-3H3. The van der Waals surface area contributed by atoms with E-state index in [1.54, 1.807) is 0 Å². The molecule has 0 aliphatic carbocycles. The van der Waals surface area contributed by atoms with Crippen molar-refractivity contribution in [2.45, 2.75) is 38.8 Å². The van der Waals surface area contributed by atoms with Crippen LogP contribution in [0.25, 0.3) is 0 Å². The van der Waals surface area contributed by atoms with Crippen LogP contribution in [0.15, 0.2) is 18.2 Å². The van der Waals surface area contributed by atoms with Crippen molar-refractivity contribution < 1.29 is 4.74 Å². The van der Waals surface area contributed by atoms with Gasteiger partial charge in [-0.1, -0.05) is 19.1 Å². The third-order valence-corrected chi connectivity index (χ3v) is 4.30. The van der Waals surface area contributed by atoms with Crippen LogP contribution in [-0.2, 0) is 6.42 Å². The fourth-order valence-corrected chi connectivity index (χ4v) is 3.14. The topological polar surface area (TPSA) is 21.3 Å². The second kappa shape index (κ2) is 6.48. The van der Waals surface area contributed by atoms with Crippen LogP contribution in [0.4, 0.5) is 0 Å². The van der Waals surface area contributed by atoms with Gasteiger partial charge >= 0.3 is 0 Å². The second-order valence-corrected chi connectivity index (χ2v) is 5.83. The number of benzene rings is 1. The molecule has 2 nitrogen and oxygen atoms in total. The van der Waals surface area contributed by atoms with Gasteiger partial charge in [0.15, 0.2) is 0 Å². The Balaban J connectivity index is 2.02. The molecule has 2 rings (SSSR count). The molecule has 1 aliphatic rings. The Kier molecular flexibility index (Phi) is 4.95. The molecule has 1 heterocycles. The maximum absolute atomic E-state index is 5.55. The molecular formula is C15H23NOS. The summed E-state index contributed by atoms with van der Waals surface area (Å²) in [6.45, 7) is 5.34. The fourth-order valence-electron chi connectivity index (χ4n) is 2.41. The number of hydrogen-bond donors (Lipinski definition) is 1. The zero-order chi connectivity index (χ0) is 13.0. The van der Waals surface area contributed by atoms with Crippen molar-refractivity contribution in [2.24, 2.45) is 0 Å². The first-order valence-corrected chi connectivity index (χ1v) is 8.14. The molecule has 3 heteroatoms. The summed E-state index contributed by atoms with van der Waals surface area (Å²) in [7, 11) is 0. The van der Waals surface area contributed by atoms with Crippen LogP contribution in [0.3, 0.4) is 0 Å². The summed E-state index contributed by atoms with van der Waals surface area (Å²) in [6, 6.07) is 7.61. The average Bonchev–Trinajstić information content (AvgIpc) is 2.85. The zero-order valence-electron chi connectivity index (χ0n) is 11.5. The van der Waals surface area contributed by atoms with Gasteiger partial charge in [0.05, 0.1) is 6.61 Å². The molecule has 1 aromatic carbocycles. The van der Waals surface area contributed by atoms with Crippen LogP contribution in [0.1, 0.15) is 37.4 Å². The first-order chi connectivity index (χ1) is 8.74. The van der Waals surface area contributed by atoms with Crippen LogP contribution in [0.2, 0.25) is 0 Å². The van der Waals surface area contributed by atoms with E-state index in [2.05, 4.69) is 43.6 Å². The Morgan fingerprint density at radius 1 is 1.44 bits per heavy atom. The molecule has 0 amide bonds. The van der Waals surface area contributed by atoms with Gasteiger partial charge in [-0.3, -0.25) is 0 Å². The van der Waals surface area contributed by atoms with E-state index in [1.807, 2.05) is 11.8 Å². The first-order valence-electron chi connectivity index (χ1n) is 6.75. The van der Waals surface area contributed by atoms with E-state index in [0.29, 0.717) is 12.1 Å². The van der Waals surface area contributed by atoms with Crippen LogP contribution in [0, 0.1) is 0 Å². The quantitative estimate of drug-likeness (QED) is 0.851. The smallest absolute Gasteiger partial charge is 0.122 e. The van der Waals surface area contributed by atoms with Crippen molar-refractivity contribution in [2.75, 3.05) is 18.6 Å². The third kappa shape index (κ3) is 3.21. The molecule has 18 heavy (non-hydrogen) atoms. The van der Waals surface area contributed by atoms with Gasteiger partial charge < -0.3 is 10.1 Å². The minimum atomic E-state index is 0.410. The maximum atomic E-state index is 5.55. The molecule has 100 valence electrons. The van der Waals surface area contributed by atoms with Gasteiger partial charge in [-0.25, -0.2) is 0 Å². The van der Waals surface area contributed by atoms with Crippen LogP contribution in [0.5, 0.6) is 5.75 Å². The van der Waals surface area contributed by atoms with Crippen LogP contribution in [-0.4, -0.2) is 24.7 Å². The van der Waals surface area contributed by atoms with Crippen molar-refractivity contribution in [3.8, 4) is 5.75 Å². The monoisotopic (exact) mass is 265 g/mol. The molecule has 0 radical (unpaired) electrons. The SMILES string of the molecule is CCC(CSC)NC(C)c1ccc2c(c1)CCO2. The summed E-state index contributed by atoms with van der Waals surface area (Å²) in [6.07, 6.45) is 4.40. The highest BCUT2D eigenvalue weighted by molar-refractivity contribution is 7.98. The van der Waals surface area contributed by atoms with E-state index in [0.717, 1.165) is 18.8 Å². The van der Waals surface area contributed by atoms with E-state index in [1.165, 1.54) is 23.3 Å². The van der Waals surface area contributed by atoms with Gasteiger partial charge in [0.1, 0.15) is 5.75 Å². The van der Waals surface area contributed by atoms with Crippen LogP contribution < -0.4 is 10.1 Å². The number of hydrogen-bond acceptors (Lipinski definition) is 3. The fraction of sp³-hybridized carbons (Fsp3) is 0.600. The Bertz CT molecular complexity index is 394. The van der Waals surface area contributed by atoms with Crippen molar-refractivity contribution in [1.29, 1.82) is 0 Å².